The normalized spacial score (nSPS) is 28.1. The molecule has 2 aromatic heterocycles. The van der Waals surface area contributed by atoms with E-state index >= 15 is 0 Å². The fourth-order valence-corrected chi connectivity index (χ4v) is 5.45. The number of Topliss-reactive ketones (excluding diaryl/α,β-unsaturated/α-hetero) is 2. The Morgan fingerprint density at radius 2 is 1.56 bits per heavy atom. The number of hydrogen-bond donors (Lipinski definition) is 0. The molecule has 6 nitrogen and oxygen atoms in total. The molecule has 1 unspecified atom stereocenters. The summed E-state index contributed by atoms with van der Waals surface area (Å²) in [5, 5.41) is 0. The van der Waals surface area contributed by atoms with Gasteiger partial charge in [-0.15, -0.1) is 0 Å². The fraction of sp³-hybridized carbons (Fsp3) is 0.462. The zero-order valence-electron chi connectivity index (χ0n) is 18.4. The van der Waals surface area contributed by atoms with Gasteiger partial charge in [0.05, 0.1) is 11.7 Å². The predicted molar refractivity (Wildman–Crippen MR) is 123 cm³/mol. The Morgan fingerprint density at radius 3 is 2.16 bits per heavy atom. The van der Waals surface area contributed by atoms with Gasteiger partial charge in [-0.05, 0) is 74.5 Å². The molecule has 4 bridgehead atoms. The lowest BCUT2D eigenvalue weighted by Gasteiger charge is -2.44. The molecular formula is C26H30N4O2. The zero-order chi connectivity index (χ0) is 21.9. The molecule has 2 aromatic rings. The number of carbonyl (C=O) groups is 2. The molecule has 8 rings (SSSR count). The van der Waals surface area contributed by atoms with Gasteiger partial charge in [-0.2, -0.15) is 0 Å². The maximum atomic E-state index is 12.1. The van der Waals surface area contributed by atoms with E-state index in [1.165, 1.54) is 5.56 Å². The lowest BCUT2D eigenvalue weighted by molar-refractivity contribution is -0.136. The Kier molecular flexibility index (Phi) is 6.12. The second-order valence-corrected chi connectivity index (χ2v) is 9.24. The van der Waals surface area contributed by atoms with Crippen LogP contribution in [0.4, 0.5) is 0 Å². The Morgan fingerprint density at radius 1 is 0.875 bits per heavy atom. The summed E-state index contributed by atoms with van der Waals surface area (Å²) in [6.45, 7) is 4.26. The molecule has 0 aromatic carbocycles. The lowest BCUT2D eigenvalue weighted by Crippen LogP contribution is -2.56. The van der Waals surface area contributed by atoms with Gasteiger partial charge in [-0.1, -0.05) is 12.1 Å². The molecule has 0 aliphatic carbocycles. The minimum absolute atomic E-state index is 0.122. The van der Waals surface area contributed by atoms with E-state index in [0.717, 1.165) is 69.5 Å². The first-order valence-corrected chi connectivity index (χ1v) is 11.8. The summed E-state index contributed by atoms with van der Waals surface area (Å²) in [6.07, 6.45) is 14.2. The Bertz CT molecular complexity index is 975. The molecule has 6 saturated heterocycles. The summed E-state index contributed by atoms with van der Waals surface area (Å²) in [5.41, 5.74) is 3.07. The first-order valence-electron chi connectivity index (χ1n) is 11.8. The Hall–Kier alpha value is -2.86. The smallest absolute Gasteiger partial charge is 0.182 e. The highest BCUT2D eigenvalue weighted by Gasteiger charge is 2.40. The maximum Gasteiger partial charge on any atom is 0.182 e. The molecule has 0 N–H and O–H groups in total. The third-order valence-corrected chi connectivity index (χ3v) is 7.30. The average Bonchev–Trinajstić information content (AvgIpc) is 2.86. The van der Waals surface area contributed by atoms with Crippen LogP contribution in [-0.2, 0) is 16.0 Å². The molecule has 6 aliphatic rings. The van der Waals surface area contributed by atoms with Crippen molar-refractivity contribution in [3.63, 3.8) is 0 Å². The van der Waals surface area contributed by atoms with Gasteiger partial charge in [0.2, 0.25) is 0 Å². The average molecular weight is 431 g/mol. The molecule has 0 saturated carbocycles. The van der Waals surface area contributed by atoms with Gasteiger partial charge in [0, 0.05) is 49.7 Å². The van der Waals surface area contributed by atoms with Crippen LogP contribution in [0.2, 0.25) is 0 Å². The zero-order valence-corrected chi connectivity index (χ0v) is 18.4. The standard InChI is InChI=1S/C13H16N2O.C13H14N2O/c2*16-13-11-3-6-15(7-4-11)12(13)8-10-2-1-5-14-9-10/h1-2,5,9,11-12H,3-4,6-8H2;1-2,5,8-9,11H,3-4,6-7H2. The van der Waals surface area contributed by atoms with E-state index < -0.39 is 0 Å². The van der Waals surface area contributed by atoms with Crippen LogP contribution in [0, 0.1) is 11.8 Å². The van der Waals surface area contributed by atoms with Crippen molar-refractivity contribution in [3.8, 4) is 0 Å². The van der Waals surface area contributed by atoms with Crippen molar-refractivity contribution in [2.45, 2.75) is 38.1 Å². The van der Waals surface area contributed by atoms with Crippen molar-refractivity contribution in [2.75, 3.05) is 26.2 Å². The van der Waals surface area contributed by atoms with Crippen molar-refractivity contribution in [2.24, 2.45) is 11.8 Å². The Balaban J connectivity index is 0.000000135. The predicted octanol–water partition coefficient (Wildman–Crippen LogP) is 3.00. The lowest BCUT2D eigenvalue weighted by atomic mass is 9.80. The van der Waals surface area contributed by atoms with Crippen molar-refractivity contribution in [1.82, 2.24) is 19.8 Å². The van der Waals surface area contributed by atoms with Crippen LogP contribution in [0.15, 0.2) is 54.7 Å². The van der Waals surface area contributed by atoms with E-state index in [9.17, 15) is 9.59 Å². The number of ketones is 2. The summed E-state index contributed by atoms with van der Waals surface area (Å²) in [4.78, 5) is 36.9. The maximum absolute atomic E-state index is 12.1. The highest BCUT2D eigenvalue weighted by atomic mass is 16.1. The summed E-state index contributed by atoms with van der Waals surface area (Å²) in [6, 6.07) is 8.00. The first kappa shape index (κ1) is 21.0. The highest BCUT2D eigenvalue weighted by molar-refractivity contribution is 6.01. The van der Waals surface area contributed by atoms with Gasteiger partial charge in [0.1, 0.15) is 0 Å². The highest BCUT2D eigenvalue weighted by Crippen LogP contribution is 2.32. The fourth-order valence-electron chi connectivity index (χ4n) is 5.45. The number of allylic oxidation sites excluding steroid dienone is 1. The molecule has 6 heteroatoms. The van der Waals surface area contributed by atoms with Crippen LogP contribution in [0.1, 0.15) is 36.8 Å². The molecule has 6 aliphatic heterocycles. The van der Waals surface area contributed by atoms with E-state index in [2.05, 4.69) is 25.8 Å². The van der Waals surface area contributed by atoms with Gasteiger partial charge in [0.25, 0.3) is 0 Å². The monoisotopic (exact) mass is 430 g/mol. The van der Waals surface area contributed by atoms with Crippen LogP contribution < -0.4 is 0 Å². The van der Waals surface area contributed by atoms with Gasteiger partial charge >= 0.3 is 0 Å². The van der Waals surface area contributed by atoms with Crippen LogP contribution >= 0.6 is 0 Å². The number of rotatable bonds is 3. The van der Waals surface area contributed by atoms with Crippen molar-refractivity contribution >= 4 is 17.6 Å². The number of hydrogen-bond acceptors (Lipinski definition) is 6. The second kappa shape index (κ2) is 9.33. The van der Waals surface area contributed by atoms with E-state index in [1.807, 2.05) is 30.5 Å². The quantitative estimate of drug-likeness (QED) is 0.698. The molecule has 166 valence electrons. The first-order chi connectivity index (χ1) is 15.7. The number of nitrogens with zero attached hydrogens (tertiary/aromatic N) is 4. The number of piperidine rings is 6. The van der Waals surface area contributed by atoms with Crippen molar-refractivity contribution < 1.29 is 9.59 Å². The number of pyridine rings is 2. The number of aromatic nitrogens is 2. The minimum Gasteiger partial charge on any atom is -0.369 e. The van der Waals surface area contributed by atoms with Crippen LogP contribution in [0.25, 0.3) is 6.08 Å². The summed E-state index contributed by atoms with van der Waals surface area (Å²) < 4.78 is 0. The molecule has 8 heterocycles. The third-order valence-electron chi connectivity index (χ3n) is 7.30. The van der Waals surface area contributed by atoms with Crippen LogP contribution in [-0.4, -0.2) is 63.6 Å². The topological polar surface area (TPSA) is 66.4 Å². The SMILES string of the molecule is O=C1C(=Cc2cccnc2)N2CCC1CC2.O=C1C2CCN(CC2)C1Cc1cccnc1. The molecular weight excluding hydrogens is 400 g/mol. The molecule has 0 amide bonds. The van der Waals surface area contributed by atoms with Crippen LogP contribution in [0.3, 0.4) is 0 Å². The number of fused-ring (bicyclic) bond motifs is 6. The molecule has 6 fully saturated rings. The van der Waals surface area contributed by atoms with Crippen molar-refractivity contribution in [3.05, 3.63) is 65.9 Å². The van der Waals surface area contributed by atoms with Gasteiger partial charge in [-0.3, -0.25) is 24.5 Å². The van der Waals surface area contributed by atoms with E-state index in [-0.39, 0.29) is 12.0 Å². The Labute approximate surface area is 189 Å². The van der Waals surface area contributed by atoms with Gasteiger partial charge in [-0.25, -0.2) is 0 Å². The van der Waals surface area contributed by atoms with Gasteiger partial charge < -0.3 is 4.90 Å². The van der Waals surface area contributed by atoms with Crippen LogP contribution in [0.5, 0.6) is 0 Å². The summed E-state index contributed by atoms with van der Waals surface area (Å²) >= 11 is 0. The largest absolute Gasteiger partial charge is 0.369 e. The van der Waals surface area contributed by atoms with E-state index in [0.29, 0.717) is 17.5 Å². The number of carbonyl (C=O) groups excluding carboxylic acids is 2. The molecule has 0 radical (unpaired) electrons. The van der Waals surface area contributed by atoms with Gasteiger partial charge in [0.15, 0.2) is 11.6 Å². The molecule has 1 atom stereocenters. The second-order valence-electron chi connectivity index (χ2n) is 9.24. The summed E-state index contributed by atoms with van der Waals surface area (Å²) in [5.74, 6) is 1.39. The van der Waals surface area contributed by atoms with E-state index in [1.54, 1.807) is 18.6 Å². The molecule has 32 heavy (non-hydrogen) atoms. The minimum atomic E-state index is 0.122. The van der Waals surface area contributed by atoms with Crippen molar-refractivity contribution in [1.29, 1.82) is 0 Å². The molecule has 0 spiro atoms. The van der Waals surface area contributed by atoms with E-state index in [4.69, 9.17) is 0 Å². The third kappa shape index (κ3) is 4.37. The summed E-state index contributed by atoms with van der Waals surface area (Å²) in [7, 11) is 0.